The second-order valence-corrected chi connectivity index (χ2v) is 10.8. The molecule has 0 amide bonds. The van der Waals surface area contributed by atoms with Crippen molar-refractivity contribution in [3.05, 3.63) is 91.5 Å². The zero-order valence-electron chi connectivity index (χ0n) is 21.5. The fraction of sp³-hybridized carbons (Fsp3) is 0.179. The molecule has 12 heteroatoms. The van der Waals surface area contributed by atoms with Gasteiger partial charge in [0.1, 0.15) is 18.2 Å². The molecule has 1 atom stereocenters. The van der Waals surface area contributed by atoms with Crippen LogP contribution in [0.5, 0.6) is 0 Å². The topological polar surface area (TPSA) is 121 Å². The Hall–Kier alpha value is -4.03. The number of hydrazine groups is 2. The number of nitriles is 2. The van der Waals surface area contributed by atoms with Crippen molar-refractivity contribution in [2.45, 2.75) is 13.0 Å². The van der Waals surface area contributed by atoms with Gasteiger partial charge in [0.15, 0.2) is 0 Å². The third-order valence-corrected chi connectivity index (χ3v) is 8.01. The Bertz CT molecular complexity index is 1690. The number of hydrogen-bond donors (Lipinski definition) is 4. The van der Waals surface area contributed by atoms with E-state index < -0.39 is 0 Å². The normalized spacial score (nSPS) is 13.3. The van der Waals surface area contributed by atoms with Crippen LogP contribution in [0.2, 0.25) is 10.0 Å². The van der Waals surface area contributed by atoms with Gasteiger partial charge in [0.2, 0.25) is 0 Å². The van der Waals surface area contributed by atoms with E-state index in [1.165, 1.54) is 17.5 Å². The zero-order valence-corrected chi connectivity index (χ0v) is 23.9. The number of aryl methyl sites for hydroxylation is 1. The van der Waals surface area contributed by atoms with Crippen LogP contribution in [0.25, 0.3) is 10.9 Å². The molecule has 0 unspecified atom stereocenters. The summed E-state index contributed by atoms with van der Waals surface area (Å²) in [6.07, 6.45) is 3.46. The molecule has 0 bridgehead atoms. The molecule has 5 rings (SSSR count). The Morgan fingerprint density at radius 2 is 1.95 bits per heavy atom. The average molecular weight is 592 g/mol. The number of hydrogen-bond acceptors (Lipinski definition) is 10. The van der Waals surface area contributed by atoms with Gasteiger partial charge in [0.25, 0.3) is 0 Å². The highest BCUT2D eigenvalue weighted by molar-refractivity contribution is 7.10. The Morgan fingerprint density at radius 1 is 1.12 bits per heavy atom. The van der Waals surface area contributed by atoms with Gasteiger partial charge < -0.3 is 20.8 Å². The highest BCUT2D eigenvalue weighted by Gasteiger charge is 2.25. The van der Waals surface area contributed by atoms with Gasteiger partial charge in [-0.05, 0) is 42.8 Å². The molecule has 2 aromatic heterocycles. The van der Waals surface area contributed by atoms with Crippen LogP contribution in [0.4, 0.5) is 17.1 Å². The summed E-state index contributed by atoms with van der Waals surface area (Å²) in [5.74, 6) is 0. The highest BCUT2D eigenvalue weighted by atomic mass is 35.5. The van der Waals surface area contributed by atoms with E-state index in [1.807, 2.05) is 53.8 Å². The fourth-order valence-corrected chi connectivity index (χ4v) is 5.58. The van der Waals surface area contributed by atoms with Crippen LogP contribution in [-0.4, -0.2) is 30.3 Å². The van der Waals surface area contributed by atoms with Crippen molar-refractivity contribution in [3.63, 3.8) is 0 Å². The fourth-order valence-electron chi connectivity index (χ4n) is 4.23. The molecule has 4 aromatic rings. The lowest BCUT2D eigenvalue weighted by Gasteiger charge is -2.21. The Kier molecular flexibility index (Phi) is 8.27. The maximum absolute atomic E-state index is 9.88. The molecule has 0 radical (unpaired) electrons. The van der Waals surface area contributed by atoms with E-state index in [0.29, 0.717) is 56.6 Å². The van der Waals surface area contributed by atoms with E-state index in [0.717, 1.165) is 21.8 Å². The number of methoxy groups -OCH3 is 1. The molecule has 1 aliphatic heterocycles. The van der Waals surface area contributed by atoms with Gasteiger partial charge in [0.05, 0.1) is 46.2 Å². The SMILES string of the molecule is COCCN1C=C([C@@H](Nc2cc(Cl)c3ncc(C#N)c(Nc4ccc(C)c(Cl)c4)c3c2)c2cc(C#N)cs2)NN1. The van der Waals surface area contributed by atoms with Crippen LogP contribution in [0.3, 0.4) is 0 Å². The summed E-state index contributed by atoms with van der Waals surface area (Å²) in [4.78, 5) is 5.39. The van der Waals surface area contributed by atoms with E-state index in [-0.39, 0.29) is 6.04 Å². The van der Waals surface area contributed by atoms with Crippen LogP contribution in [0.1, 0.15) is 27.6 Å². The Morgan fingerprint density at radius 3 is 2.67 bits per heavy atom. The second-order valence-electron chi connectivity index (χ2n) is 9.04. The molecule has 0 saturated carbocycles. The van der Waals surface area contributed by atoms with Gasteiger partial charge in [0, 0.05) is 51.5 Å². The van der Waals surface area contributed by atoms with Crippen molar-refractivity contribution in [2.75, 3.05) is 30.9 Å². The van der Waals surface area contributed by atoms with Crippen LogP contribution < -0.4 is 21.6 Å². The number of thiophene rings is 1. The molecule has 2 aromatic carbocycles. The maximum Gasteiger partial charge on any atom is 0.104 e. The average Bonchev–Trinajstić information content (AvgIpc) is 3.63. The van der Waals surface area contributed by atoms with Gasteiger partial charge in [-0.2, -0.15) is 10.5 Å². The minimum absolute atomic E-state index is 0.333. The number of halogens is 2. The molecule has 0 spiro atoms. The summed E-state index contributed by atoms with van der Waals surface area (Å²) in [7, 11) is 1.65. The second kappa shape index (κ2) is 12.0. The monoisotopic (exact) mass is 590 g/mol. The summed E-state index contributed by atoms with van der Waals surface area (Å²) in [6.45, 7) is 3.11. The minimum Gasteiger partial charge on any atom is -0.383 e. The van der Waals surface area contributed by atoms with Crippen LogP contribution in [-0.2, 0) is 4.74 Å². The lowest BCUT2D eigenvalue weighted by Crippen LogP contribution is -2.39. The minimum atomic E-state index is -0.333. The van der Waals surface area contributed by atoms with E-state index in [4.69, 9.17) is 27.9 Å². The van der Waals surface area contributed by atoms with Gasteiger partial charge in [-0.1, -0.05) is 29.3 Å². The van der Waals surface area contributed by atoms with Crippen molar-refractivity contribution < 1.29 is 4.74 Å². The number of pyridine rings is 1. The van der Waals surface area contributed by atoms with E-state index >= 15 is 0 Å². The molecule has 0 saturated heterocycles. The van der Waals surface area contributed by atoms with Crippen molar-refractivity contribution in [1.82, 2.24) is 21.0 Å². The van der Waals surface area contributed by atoms with Crippen molar-refractivity contribution in [2.24, 2.45) is 0 Å². The molecule has 0 fully saturated rings. The zero-order chi connectivity index (χ0) is 28.2. The van der Waals surface area contributed by atoms with Gasteiger partial charge in [-0.25, -0.2) is 0 Å². The standard InChI is InChI=1S/C28H24Cl2N8OS/c1-16-3-4-19(9-22(16)29)34-26-18(12-32)13-33-27-21(26)8-20(10-23(27)30)35-28(25-7-17(11-31)15-40-25)24-14-38(37-36-24)5-6-39-2/h3-4,7-10,13-15,28,35-37H,5-6H2,1-2H3,(H,33,34)/t28-/m1/s1. The summed E-state index contributed by atoms with van der Waals surface area (Å²) < 4.78 is 5.19. The lowest BCUT2D eigenvalue weighted by atomic mass is 10.1. The summed E-state index contributed by atoms with van der Waals surface area (Å²) in [6, 6.07) is 15.3. The predicted octanol–water partition coefficient (Wildman–Crippen LogP) is 6.36. The van der Waals surface area contributed by atoms with E-state index in [9.17, 15) is 10.5 Å². The largest absolute Gasteiger partial charge is 0.383 e. The Balaban J connectivity index is 1.56. The molecular weight excluding hydrogens is 567 g/mol. The maximum atomic E-state index is 9.88. The van der Waals surface area contributed by atoms with Crippen LogP contribution in [0, 0.1) is 29.6 Å². The molecule has 202 valence electrons. The molecular formula is C28H24Cl2N8OS. The quantitative estimate of drug-likeness (QED) is 0.176. The molecule has 9 nitrogen and oxygen atoms in total. The molecule has 4 N–H and O–H groups in total. The van der Waals surface area contributed by atoms with Crippen molar-refractivity contribution >= 4 is 62.5 Å². The van der Waals surface area contributed by atoms with Gasteiger partial charge in [-0.3, -0.25) is 9.99 Å². The first kappa shape index (κ1) is 27.5. The van der Waals surface area contributed by atoms with E-state index in [2.05, 4.69) is 38.7 Å². The number of benzene rings is 2. The first-order chi connectivity index (χ1) is 19.4. The highest BCUT2D eigenvalue weighted by Crippen LogP contribution is 2.38. The van der Waals surface area contributed by atoms with Crippen LogP contribution >= 0.6 is 34.5 Å². The molecule has 1 aliphatic rings. The van der Waals surface area contributed by atoms with Crippen LogP contribution in [0.15, 0.2) is 59.9 Å². The third-order valence-electron chi connectivity index (χ3n) is 6.32. The van der Waals surface area contributed by atoms with E-state index in [1.54, 1.807) is 13.2 Å². The third kappa shape index (κ3) is 5.77. The summed E-state index contributed by atoms with van der Waals surface area (Å²) in [5, 5.41) is 31.6. The predicted molar refractivity (Wildman–Crippen MR) is 159 cm³/mol. The molecule has 3 heterocycles. The summed E-state index contributed by atoms with van der Waals surface area (Å²) >= 11 is 14.6. The number of nitrogens with one attached hydrogen (secondary N) is 4. The number of ether oxygens (including phenoxy) is 1. The van der Waals surface area contributed by atoms with Gasteiger partial charge in [-0.15, -0.1) is 16.9 Å². The summed E-state index contributed by atoms with van der Waals surface area (Å²) in [5.41, 5.74) is 11.6. The number of fused-ring (bicyclic) bond motifs is 1. The van der Waals surface area contributed by atoms with Crippen molar-refractivity contribution in [1.29, 1.82) is 10.5 Å². The Labute approximate surface area is 245 Å². The first-order valence-electron chi connectivity index (χ1n) is 12.2. The molecule has 40 heavy (non-hydrogen) atoms. The smallest absolute Gasteiger partial charge is 0.104 e. The van der Waals surface area contributed by atoms with Crippen molar-refractivity contribution in [3.8, 4) is 12.1 Å². The lowest BCUT2D eigenvalue weighted by molar-refractivity contribution is 0.148. The number of anilines is 3. The van der Waals surface area contributed by atoms with Gasteiger partial charge >= 0.3 is 0 Å². The number of rotatable bonds is 9. The number of nitrogens with zero attached hydrogens (tertiary/aromatic N) is 4. The first-order valence-corrected chi connectivity index (χ1v) is 13.8. The molecule has 0 aliphatic carbocycles. The number of aromatic nitrogens is 1.